The fourth-order valence-electron chi connectivity index (χ4n) is 1.12. The second-order valence-corrected chi connectivity index (χ2v) is 3.88. The van der Waals surface area contributed by atoms with Crippen molar-refractivity contribution in [3.05, 3.63) is 5.69 Å². The highest BCUT2D eigenvalue weighted by Crippen LogP contribution is 2.16. The molecule has 0 saturated carbocycles. The molecule has 1 aromatic rings. The zero-order valence-electron chi connectivity index (χ0n) is 9.06. The lowest BCUT2D eigenvalue weighted by Gasteiger charge is -2.15. The molecule has 0 aliphatic heterocycles. The molecule has 0 aliphatic carbocycles. The Bertz CT molecular complexity index is 280. The predicted octanol–water partition coefficient (Wildman–Crippen LogP) is 0.292. The summed E-state index contributed by atoms with van der Waals surface area (Å²) in [6.45, 7) is 5.07. The van der Waals surface area contributed by atoms with E-state index in [1.807, 2.05) is 14.0 Å². The van der Waals surface area contributed by atoms with Crippen LogP contribution in [0.3, 0.4) is 0 Å². The largest absolute Gasteiger partial charge is 0.380 e. The minimum Gasteiger partial charge on any atom is -0.380 e. The first-order valence-corrected chi connectivity index (χ1v) is 5.59. The minimum atomic E-state index is 0.725. The number of nitrogen functional groups attached to an aromatic ring is 1. The molecule has 0 aromatic carbocycles. The Labute approximate surface area is 93.5 Å². The quantitative estimate of drug-likeness (QED) is 0.399. The fraction of sp³-hybridized carbons (Fsp3) is 0.750. The van der Waals surface area contributed by atoms with Crippen molar-refractivity contribution in [2.45, 2.75) is 13.5 Å². The third-order valence-electron chi connectivity index (χ3n) is 1.93. The van der Waals surface area contributed by atoms with Crippen LogP contribution in [0.15, 0.2) is 0 Å². The molecule has 0 bridgehead atoms. The third kappa shape index (κ3) is 4.08. The highest BCUT2D eigenvalue weighted by Gasteiger charge is 2.08. The molecule has 0 amide bonds. The van der Waals surface area contributed by atoms with Crippen molar-refractivity contribution in [2.75, 3.05) is 32.2 Å². The van der Waals surface area contributed by atoms with Crippen molar-refractivity contribution in [3.8, 4) is 0 Å². The smallest absolute Gasteiger partial charge is 0.148 e. The highest BCUT2D eigenvalue weighted by molar-refractivity contribution is 7.10. The second-order valence-electron chi connectivity index (χ2n) is 3.13. The molecule has 0 aliphatic rings. The molecule has 15 heavy (non-hydrogen) atoms. The van der Waals surface area contributed by atoms with E-state index in [1.54, 1.807) is 0 Å². The number of nitrogens with one attached hydrogen (secondary N) is 1. The third-order valence-corrected chi connectivity index (χ3v) is 2.63. The number of likely N-dealkylation sites (N-methyl/N-ethyl adjacent to an activating group) is 1. The van der Waals surface area contributed by atoms with Gasteiger partial charge in [-0.2, -0.15) is 0 Å². The summed E-state index contributed by atoms with van der Waals surface area (Å²) in [6, 6.07) is 0. The van der Waals surface area contributed by atoms with Gasteiger partial charge in [0.15, 0.2) is 0 Å². The molecule has 3 N–H and O–H groups in total. The number of hydrogen-bond donors (Lipinski definition) is 2. The van der Waals surface area contributed by atoms with Crippen LogP contribution in [0.4, 0.5) is 5.00 Å². The van der Waals surface area contributed by atoms with Crippen LogP contribution in [0, 0.1) is 0 Å². The molecule has 0 spiro atoms. The van der Waals surface area contributed by atoms with Crippen LogP contribution in [0.1, 0.15) is 12.6 Å². The number of ether oxygens (including phenoxy) is 1. The van der Waals surface area contributed by atoms with E-state index in [1.165, 1.54) is 11.5 Å². The molecule has 7 heteroatoms. The molecule has 0 radical (unpaired) electrons. The number of hydrazine groups is 1. The molecule has 1 rings (SSSR count). The van der Waals surface area contributed by atoms with E-state index in [2.05, 4.69) is 19.9 Å². The Morgan fingerprint density at radius 1 is 1.60 bits per heavy atom. The lowest BCUT2D eigenvalue weighted by molar-refractivity contribution is 0.120. The van der Waals surface area contributed by atoms with Gasteiger partial charge in [-0.3, -0.25) is 4.90 Å². The van der Waals surface area contributed by atoms with Crippen LogP contribution in [0.25, 0.3) is 0 Å². The van der Waals surface area contributed by atoms with Crippen LogP contribution in [0.5, 0.6) is 0 Å². The standard InChI is InChI=1S/C8H17N5OS/c1-3-14-5-4-13(2)6-7-8(10-9)15-12-11-7/h10H,3-6,9H2,1-2H3. The Kier molecular flexibility index (Phi) is 5.48. The van der Waals surface area contributed by atoms with Gasteiger partial charge in [-0.25, -0.2) is 5.84 Å². The summed E-state index contributed by atoms with van der Waals surface area (Å²) in [7, 11) is 2.01. The maximum absolute atomic E-state index is 5.33. The molecule has 0 saturated heterocycles. The van der Waals surface area contributed by atoms with Gasteiger partial charge in [0.2, 0.25) is 0 Å². The molecule has 86 valence electrons. The first-order chi connectivity index (χ1) is 7.27. The first kappa shape index (κ1) is 12.3. The van der Waals surface area contributed by atoms with Crippen molar-refractivity contribution in [3.63, 3.8) is 0 Å². The van der Waals surface area contributed by atoms with Gasteiger partial charge in [0.25, 0.3) is 0 Å². The van der Waals surface area contributed by atoms with E-state index in [9.17, 15) is 0 Å². The van der Waals surface area contributed by atoms with Gasteiger partial charge < -0.3 is 10.2 Å². The molecular formula is C8H17N5OS. The number of anilines is 1. The fourth-order valence-corrected chi connectivity index (χ4v) is 1.61. The van der Waals surface area contributed by atoms with Gasteiger partial charge in [0, 0.05) is 31.2 Å². The molecule has 0 unspecified atom stereocenters. The summed E-state index contributed by atoms with van der Waals surface area (Å²) < 4.78 is 9.10. The maximum Gasteiger partial charge on any atom is 0.148 e. The average Bonchev–Trinajstić information content (AvgIpc) is 2.65. The van der Waals surface area contributed by atoms with E-state index in [0.29, 0.717) is 0 Å². The van der Waals surface area contributed by atoms with Crippen molar-refractivity contribution in [1.29, 1.82) is 0 Å². The van der Waals surface area contributed by atoms with Gasteiger partial charge in [-0.05, 0) is 14.0 Å². The van der Waals surface area contributed by atoms with Gasteiger partial charge in [-0.1, -0.05) is 4.49 Å². The summed E-state index contributed by atoms with van der Waals surface area (Å²) in [6.07, 6.45) is 0. The lowest BCUT2D eigenvalue weighted by Crippen LogP contribution is -2.23. The minimum absolute atomic E-state index is 0.725. The van der Waals surface area contributed by atoms with Gasteiger partial charge in [0.05, 0.1) is 6.61 Å². The van der Waals surface area contributed by atoms with Crippen molar-refractivity contribution in [1.82, 2.24) is 14.5 Å². The summed E-state index contributed by atoms with van der Waals surface area (Å²) in [5, 5.41) is 4.82. The van der Waals surface area contributed by atoms with Crippen LogP contribution in [-0.2, 0) is 11.3 Å². The second kappa shape index (κ2) is 6.67. The summed E-state index contributed by atoms with van der Waals surface area (Å²) in [5.74, 6) is 5.33. The number of rotatable bonds is 7. The predicted molar refractivity (Wildman–Crippen MR) is 60.5 cm³/mol. The molecule has 0 fully saturated rings. The normalized spacial score (nSPS) is 10.9. The Morgan fingerprint density at radius 3 is 3.07 bits per heavy atom. The highest BCUT2D eigenvalue weighted by atomic mass is 32.1. The zero-order chi connectivity index (χ0) is 11.1. The molecule has 0 atom stereocenters. The molecule has 1 heterocycles. The summed E-state index contributed by atoms with van der Waals surface area (Å²) >= 11 is 1.26. The van der Waals surface area contributed by atoms with E-state index < -0.39 is 0 Å². The number of hydrogen-bond acceptors (Lipinski definition) is 7. The van der Waals surface area contributed by atoms with Crippen molar-refractivity contribution in [2.24, 2.45) is 5.84 Å². The SMILES string of the molecule is CCOCCN(C)Cc1nnsc1NN. The van der Waals surface area contributed by atoms with Crippen LogP contribution < -0.4 is 11.3 Å². The lowest BCUT2D eigenvalue weighted by atomic mass is 10.4. The van der Waals surface area contributed by atoms with E-state index in [0.717, 1.165) is 37.0 Å². The number of nitrogens with two attached hydrogens (primary N) is 1. The topological polar surface area (TPSA) is 76.3 Å². The van der Waals surface area contributed by atoms with Crippen LogP contribution in [0.2, 0.25) is 0 Å². The van der Waals surface area contributed by atoms with Crippen LogP contribution >= 0.6 is 11.5 Å². The van der Waals surface area contributed by atoms with Gasteiger partial charge >= 0.3 is 0 Å². The van der Waals surface area contributed by atoms with E-state index in [4.69, 9.17) is 10.6 Å². The Hall–Kier alpha value is -0.760. The van der Waals surface area contributed by atoms with Gasteiger partial charge in [-0.15, -0.1) is 5.10 Å². The zero-order valence-corrected chi connectivity index (χ0v) is 9.88. The summed E-state index contributed by atoms with van der Waals surface area (Å²) in [5.41, 5.74) is 3.46. The Morgan fingerprint density at radius 2 is 2.40 bits per heavy atom. The maximum atomic E-state index is 5.33. The Balaban J connectivity index is 2.33. The molecular weight excluding hydrogens is 214 g/mol. The first-order valence-electron chi connectivity index (χ1n) is 4.82. The van der Waals surface area contributed by atoms with E-state index >= 15 is 0 Å². The number of aromatic nitrogens is 2. The van der Waals surface area contributed by atoms with Crippen molar-refractivity contribution < 1.29 is 4.74 Å². The monoisotopic (exact) mass is 231 g/mol. The summed E-state index contributed by atoms with van der Waals surface area (Å²) in [4.78, 5) is 2.12. The van der Waals surface area contributed by atoms with E-state index in [-0.39, 0.29) is 0 Å². The van der Waals surface area contributed by atoms with Crippen LogP contribution in [-0.4, -0.2) is 41.3 Å². The molecule has 1 aromatic heterocycles. The molecule has 6 nitrogen and oxygen atoms in total. The van der Waals surface area contributed by atoms with Crippen molar-refractivity contribution >= 4 is 16.5 Å². The number of nitrogens with zero attached hydrogens (tertiary/aromatic N) is 3. The average molecular weight is 231 g/mol. The van der Waals surface area contributed by atoms with Gasteiger partial charge in [0.1, 0.15) is 10.7 Å².